The Kier molecular flexibility index (Phi) is 13.8. The average molecular weight is 844 g/mol. The number of carbonyl (C=O) groups excluding carboxylic acids is 1. The van der Waals surface area contributed by atoms with Crippen LogP contribution in [0.15, 0.2) is 48.6 Å². The molecule has 0 unspecified atom stereocenters. The van der Waals surface area contributed by atoms with E-state index in [0.717, 1.165) is 82.1 Å². The predicted molar refractivity (Wildman–Crippen MR) is 227 cm³/mol. The number of piperazine rings is 1. The van der Waals surface area contributed by atoms with E-state index in [1.807, 2.05) is 32.2 Å². The Labute approximate surface area is 350 Å². The largest absolute Gasteiger partial charge is 0.490 e. The minimum atomic E-state index is -4.12. The van der Waals surface area contributed by atoms with Crippen LogP contribution in [0.2, 0.25) is 5.02 Å². The van der Waals surface area contributed by atoms with Gasteiger partial charge in [0.2, 0.25) is 10.0 Å². The number of anilines is 1. The molecule has 1 N–H and O–H groups in total. The molecule has 12 nitrogen and oxygen atoms in total. The molecule has 6 atom stereocenters. The van der Waals surface area contributed by atoms with Gasteiger partial charge in [-0.25, -0.2) is 13.1 Å². The molecule has 2 fully saturated rings. The zero-order valence-corrected chi connectivity index (χ0v) is 36.5. The second-order valence-electron chi connectivity index (χ2n) is 17.4. The van der Waals surface area contributed by atoms with Gasteiger partial charge in [0.05, 0.1) is 38.2 Å². The number of hydrogen-bond acceptors (Lipinski definition) is 11. The number of benzene rings is 2. The normalized spacial score (nSPS) is 31.1. The standard InChI is InChI=1S/C44H63ClN4O8S/c1-31-8-6-17-44(56-5,29-47-18-20-48(21-19-47)36(25-53-2)26-54-3)38-13-10-34(38)24-49-28-43(16-7-9-32-22-35(45)12-14-37(32)43)30-57-40-15-11-33(23-39(40)49)42(50)46-58(51,52)41(31)27-55-4/h6,11-12,14-15,17,22-23,31,34,36,38,41H,7-10,13,16,18-21,24-30H2,1-5H3,(H,46,50)/b17-6+/t31-,34-,38+,41+,43-,44+/m0/s1. The maximum absolute atomic E-state index is 14.0. The van der Waals surface area contributed by atoms with Crippen LogP contribution < -0.4 is 14.4 Å². The van der Waals surface area contributed by atoms with E-state index in [-0.39, 0.29) is 35.5 Å². The summed E-state index contributed by atoms with van der Waals surface area (Å²) in [5.74, 6) is 0.182. The van der Waals surface area contributed by atoms with Gasteiger partial charge in [-0.05, 0) is 97.7 Å². The minimum Gasteiger partial charge on any atom is -0.490 e. The third kappa shape index (κ3) is 8.98. The van der Waals surface area contributed by atoms with E-state index in [4.69, 9.17) is 35.3 Å². The number of halogens is 1. The molecular weight excluding hydrogens is 780 g/mol. The molecular formula is C44H63ClN4O8S. The van der Waals surface area contributed by atoms with Gasteiger partial charge in [-0.15, -0.1) is 0 Å². The highest BCUT2D eigenvalue weighted by Crippen LogP contribution is 2.49. The van der Waals surface area contributed by atoms with E-state index in [9.17, 15) is 13.2 Å². The van der Waals surface area contributed by atoms with Crippen molar-refractivity contribution < 1.29 is 36.9 Å². The van der Waals surface area contributed by atoms with Crippen molar-refractivity contribution >= 4 is 33.2 Å². The first-order chi connectivity index (χ1) is 27.9. The maximum Gasteiger partial charge on any atom is 0.264 e. The number of sulfonamides is 1. The van der Waals surface area contributed by atoms with Crippen molar-refractivity contribution in [2.75, 3.05) is 106 Å². The predicted octanol–water partition coefficient (Wildman–Crippen LogP) is 5.17. The summed E-state index contributed by atoms with van der Waals surface area (Å²) in [5.41, 5.74) is 2.69. The Morgan fingerprint density at radius 1 is 1.00 bits per heavy atom. The van der Waals surface area contributed by atoms with Gasteiger partial charge >= 0.3 is 0 Å². The second kappa shape index (κ2) is 18.5. The lowest BCUT2D eigenvalue weighted by Crippen LogP contribution is -2.60. The first-order valence-electron chi connectivity index (χ1n) is 21.0. The van der Waals surface area contributed by atoms with Gasteiger partial charge < -0.3 is 28.6 Å². The molecule has 320 valence electrons. The second-order valence-corrected chi connectivity index (χ2v) is 19.7. The highest BCUT2D eigenvalue weighted by molar-refractivity contribution is 7.90. The van der Waals surface area contributed by atoms with Crippen LogP contribution in [0.1, 0.15) is 60.5 Å². The van der Waals surface area contributed by atoms with Crippen molar-refractivity contribution in [1.82, 2.24) is 14.5 Å². The number of nitrogens with zero attached hydrogens (tertiary/aromatic N) is 3. The number of aryl methyl sites for hydroxylation is 1. The molecule has 1 amide bonds. The first-order valence-corrected chi connectivity index (χ1v) is 22.9. The van der Waals surface area contributed by atoms with E-state index in [1.54, 1.807) is 20.3 Å². The molecule has 1 spiro atoms. The van der Waals surface area contributed by atoms with Crippen molar-refractivity contribution in [2.24, 2.45) is 17.8 Å². The molecule has 7 rings (SSSR count). The van der Waals surface area contributed by atoms with Crippen LogP contribution in [-0.4, -0.2) is 142 Å². The Balaban J connectivity index is 1.26. The van der Waals surface area contributed by atoms with Gasteiger partial charge in [0.15, 0.2) is 0 Å². The number of ether oxygens (including phenoxy) is 5. The Bertz CT molecular complexity index is 1890. The molecule has 58 heavy (non-hydrogen) atoms. The molecule has 2 aromatic rings. The van der Waals surface area contributed by atoms with Crippen LogP contribution in [0.5, 0.6) is 5.75 Å². The summed E-state index contributed by atoms with van der Waals surface area (Å²) in [5, 5.41) is -0.216. The molecule has 3 heterocycles. The summed E-state index contributed by atoms with van der Waals surface area (Å²) in [4.78, 5) is 21.3. The highest BCUT2D eigenvalue weighted by atomic mass is 35.5. The molecule has 2 aromatic carbocycles. The summed E-state index contributed by atoms with van der Waals surface area (Å²) >= 11 is 6.53. The van der Waals surface area contributed by atoms with Crippen molar-refractivity contribution in [3.8, 4) is 5.75 Å². The van der Waals surface area contributed by atoms with Gasteiger partial charge in [-0.1, -0.05) is 36.7 Å². The fraction of sp³-hybridized carbons (Fsp3) is 0.659. The quantitative estimate of drug-likeness (QED) is 0.319. The third-order valence-corrected chi connectivity index (χ3v) is 15.9. The monoisotopic (exact) mass is 842 g/mol. The zero-order chi connectivity index (χ0) is 41.1. The fourth-order valence-corrected chi connectivity index (χ4v) is 12.2. The van der Waals surface area contributed by atoms with Crippen LogP contribution in [0.3, 0.4) is 0 Å². The molecule has 0 radical (unpaired) electrons. The lowest BCUT2D eigenvalue weighted by Gasteiger charge is -2.52. The number of fused-ring (bicyclic) bond motifs is 4. The number of allylic oxidation sites excluding steroid dienone is 1. The number of hydrogen-bond donors (Lipinski definition) is 1. The Morgan fingerprint density at radius 2 is 1.78 bits per heavy atom. The van der Waals surface area contributed by atoms with Crippen LogP contribution in [0.4, 0.5) is 5.69 Å². The van der Waals surface area contributed by atoms with Gasteiger partial charge in [-0.3, -0.25) is 14.6 Å². The lowest BCUT2D eigenvalue weighted by atomic mass is 9.63. The minimum absolute atomic E-state index is 0.0459. The number of rotatable bonds is 10. The van der Waals surface area contributed by atoms with E-state index in [0.29, 0.717) is 44.5 Å². The van der Waals surface area contributed by atoms with E-state index < -0.39 is 26.8 Å². The van der Waals surface area contributed by atoms with Crippen LogP contribution in [0.25, 0.3) is 0 Å². The lowest BCUT2D eigenvalue weighted by molar-refractivity contribution is -0.0979. The molecule has 1 saturated carbocycles. The molecule has 5 aliphatic rings. The smallest absolute Gasteiger partial charge is 0.264 e. The third-order valence-electron chi connectivity index (χ3n) is 13.8. The summed E-state index contributed by atoms with van der Waals surface area (Å²) in [6.07, 6.45) is 9.80. The topological polar surface area (TPSA) is 119 Å². The fourth-order valence-electron chi connectivity index (χ4n) is 10.4. The van der Waals surface area contributed by atoms with Crippen molar-refractivity contribution in [1.29, 1.82) is 0 Å². The van der Waals surface area contributed by atoms with Gasteiger partial charge in [-0.2, -0.15) is 0 Å². The number of methoxy groups -OCH3 is 4. The Hall–Kier alpha value is -2.75. The van der Waals surface area contributed by atoms with E-state index in [2.05, 4.69) is 43.7 Å². The summed E-state index contributed by atoms with van der Waals surface area (Å²) in [6.45, 7) is 9.31. The molecule has 2 bridgehead atoms. The number of amides is 1. The zero-order valence-electron chi connectivity index (χ0n) is 34.9. The van der Waals surface area contributed by atoms with Gasteiger partial charge in [0, 0.05) is 90.3 Å². The van der Waals surface area contributed by atoms with Crippen molar-refractivity contribution in [3.05, 3.63) is 70.3 Å². The Morgan fingerprint density at radius 3 is 2.47 bits per heavy atom. The highest BCUT2D eigenvalue weighted by Gasteiger charge is 2.50. The average Bonchev–Trinajstić information content (AvgIpc) is 3.34. The van der Waals surface area contributed by atoms with E-state index >= 15 is 0 Å². The molecule has 14 heteroatoms. The SMILES string of the molecule is COCC(COC)N1CCN(C[C@]2(OC)/C=C/C[C@H](C)[C@@H](COC)S(=O)(=O)NC(=O)c3ccc4c(c3)N(C[C@@H]3CC[C@H]32)C[C@@]2(CCCc3cc(Cl)ccc32)CO4)CC1. The van der Waals surface area contributed by atoms with Crippen molar-refractivity contribution in [2.45, 2.75) is 67.8 Å². The maximum atomic E-state index is 14.0. The first kappa shape index (κ1) is 43.3. The van der Waals surface area contributed by atoms with Gasteiger partial charge in [0.1, 0.15) is 16.6 Å². The van der Waals surface area contributed by atoms with Crippen LogP contribution >= 0.6 is 11.6 Å². The molecule has 1 saturated heterocycles. The van der Waals surface area contributed by atoms with E-state index in [1.165, 1.54) is 18.2 Å². The molecule has 2 aliphatic carbocycles. The summed E-state index contributed by atoms with van der Waals surface area (Å²) < 4.78 is 60.3. The molecule has 3 aliphatic heterocycles. The van der Waals surface area contributed by atoms with Crippen molar-refractivity contribution in [3.63, 3.8) is 0 Å². The van der Waals surface area contributed by atoms with Crippen LogP contribution in [0, 0.1) is 17.8 Å². The summed E-state index contributed by atoms with van der Waals surface area (Å²) in [6, 6.07) is 11.8. The number of nitrogens with one attached hydrogen (secondary N) is 1. The molecule has 0 aromatic heterocycles. The van der Waals surface area contributed by atoms with Crippen LogP contribution in [-0.2, 0) is 40.8 Å². The number of carbonyl (C=O) groups is 1. The van der Waals surface area contributed by atoms with Gasteiger partial charge in [0.25, 0.3) is 5.91 Å². The summed E-state index contributed by atoms with van der Waals surface area (Å²) in [7, 11) is 2.68.